The van der Waals surface area contributed by atoms with Crippen molar-refractivity contribution in [3.63, 3.8) is 0 Å². The van der Waals surface area contributed by atoms with Crippen LogP contribution in [0, 0.1) is 0 Å². The number of likely N-dealkylation sites (tertiary alicyclic amines) is 1. The van der Waals surface area contributed by atoms with Gasteiger partial charge in [0.2, 0.25) is 0 Å². The van der Waals surface area contributed by atoms with E-state index >= 15 is 0 Å². The summed E-state index contributed by atoms with van der Waals surface area (Å²) >= 11 is 1.38. The molecule has 0 radical (unpaired) electrons. The lowest BCUT2D eigenvalue weighted by Gasteiger charge is -2.32. The third-order valence-corrected chi connectivity index (χ3v) is 7.18. The number of carbonyl (C=O) groups excluding carboxylic acids is 2. The number of carbonyl (C=O) groups is 2. The fourth-order valence-electron chi connectivity index (χ4n) is 4.31. The molecule has 36 heavy (non-hydrogen) atoms. The van der Waals surface area contributed by atoms with E-state index in [1.54, 1.807) is 17.6 Å². The van der Waals surface area contributed by atoms with Crippen molar-refractivity contribution >= 4 is 28.8 Å². The predicted molar refractivity (Wildman–Crippen MR) is 132 cm³/mol. The first-order valence-electron chi connectivity index (χ1n) is 11.6. The molecular formula is C26H26F3N3O3S. The second kappa shape index (κ2) is 10.7. The highest BCUT2D eigenvalue weighted by Gasteiger charge is 2.32. The molecule has 1 saturated heterocycles. The molecule has 0 atom stereocenters. The molecule has 1 aromatic heterocycles. The molecule has 6 nitrogen and oxygen atoms in total. The van der Waals surface area contributed by atoms with Crippen molar-refractivity contribution in [2.45, 2.75) is 38.3 Å². The van der Waals surface area contributed by atoms with Crippen LogP contribution in [0.25, 0.3) is 0 Å². The highest BCUT2D eigenvalue weighted by Crippen LogP contribution is 2.33. The molecule has 0 aliphatic carbocycles. The Labute approximate surface area is 211 Å². The molecular weight excluding hydrogens is 491 g/mol. The number of ether oxygens (including phenoxy) is 1. The van der Waals surface area contributed by atoms with E-state index in [-0.39, 0.29) is 23.1 Å². The van der Waals surface area contributed by atoms with Crippen LogP contribution in [0.4, 0.5) is 18.9 Å². The van der Waals surface area contributed by atoms with Crippen LogP contribution in [-0.2, 0) is 12.6 Å². The molecule has 2 amide bonds. The molecule has 1 aliphatic rings. The third kappa shape index (κ3) is 5.70. The summed E-state index contributed by atoms with van der Waals surface area (Å²) in [6.45, 7) is 3.29. The lowest BCUT2D eigenvalue weighted by atomic mass is 9.89. The zero-order valence-corrected chi connectivity index (χ0v) is 20.7. The summed E-state index contributed by atoms with van der Waals surface area (Å²) in [5.74, 6) is -0.388. The highest BCUT2D eigenvalue weighted by atomic mass is 32.1. The molecule has 1 fully saturated rings. The quantitative estimate of drug-likeness (QED) is 0.435. The summed E-state index contributed by atoms with van der Waals surface area (Å²) in [6.07, 6.45) is -2.22. The van der Waals surface area contributed by atoms with E-state index < -0.39 is 17.6 Å². The van der Waals surface area contributed by atoms with E-state index in [2.05, 4.69) is 10.3 Å². The maximum Gasteiger partial charge on any atom is 0.416 e. The molecule has 0 bridgehead atoms. The first kappa shape index (κ1) is 25.7. The smallest absolute Gasteiger partial charge is 0.416 e. The van der Waals surface area contributed by atoms with Crippen LogP contribution in [-0.4, -0.2) is 41.9 Å². The van der Waals surface area contributed by atoms with Gasteiger partial charge in [-0.2, -0.15) is 13.2 Å². The molecule has 190 valence electrons. The molecule has 1 N–H and O–H groups in total. The van der Waals surface area contributed by atoms with E-state index in [9.17, 15) is 22.8 Å². The minimum atomic E-state index is -4.59. The lowest BCUT2D eigenvalue weighted by molar-refractivity contribution is -0.137. The number of nitrogens with zero attached hydrogens (tertiary/aromatic N) is 2. The molecule has 3 aromatic rings. The van der Waals surface area contributed by atoms with E-state index in [0.717, 1.165) is 47.5 Å². The Morgan fingerprint density at radius 1 is 1.14 bits per heavy atom. The van der Waals surface area contributed by atoms with E-state index in [0.29, 0.717) is 18.8 Å². The largest absolute Gasteiger partial charge is 0.497 e. The fourth-order valence-corrected chi connectivity index (χ4v) is 5.16. The van der Waals surface area contributed by atoms with Crippen LogP contribution in [0.5, 0.6) is 5.75 Å². The van der Waals surface area contributed by atoms with Crippen molar-refractivity contribution < 1.29 is 27.5 Å². The number of alkyl halides is 3. The van der Waals surface area contributed by atoms with Gasteiger partial charge in [-0.1, -0.05) is 19.1 Å². The number of halogens is 3. The number of aryl methyl sites for hydroxylation is 1. The van der Waals surface area contributed by atoms with Crippen molar-refractivity contribution in [1.29, 1.82) is 0 Å². The van der Waals surface area contributed by atoms with Gasteiger partial charge < -0.3 is 15.0 Å². The summed E-state index contributed by atoms with van der Waals surface area (Å²) < 4.78 is 44.4. The van der Waals surface area contributed by atoms with E-state index in [4.69, 9.17) is 4.74 Å². The second-order valence-electron chi connectivity index (χ2n) is 8.57. The van der Waals surface area contributed by atoms with Crippen molar-refractivity contribution in [3.8, 4) is 5.75 Å². The van der Waals surface area contributed by atoms with Gasteiger partial charge in [0.25, 0.3) is 11.8 Å². The predicted octanol–water partition coefficient (Wildman–Crippen LogP) is 6.01. The first-order valence-corrected chi connectivity index (χ1v) is 12.5. The molecule has 2 heterocycles. The third-order valence-electron chi connectivity index (χ3n) is 6.32. The minimum absolute atomic E-state index is 0.0390. The SMILES string of the molecule is CCc1ncsc1C(=O)N1CCC(c2ccc(NC(=O)c3cc(OC)cc(C(F)(F)F)c3)cc2)CC1. The average Bonchev–Trinajstić information content (AvgIpc) is 3.37. The number of piperidine rings is 1. The van der Waals surface area contributed by atoms with Crippen LogP contribution in [0.1, 0.15) is 62.5 Å². The number of benzene rings is 2. The van der Waals surface area contributed by atoms with Gasteiger partial charge in [-0.15, -0.1) is 11.3 Å². The average molecular weight is 518 g/mol. The summed E-state index contributed by atoms with van der Waals surface area (Å²) in [6, 6.07) is 10.2. The molecule has 2 aromatic carbocycles. The summed E-state index contributed by atoms with van der Waals surface area (Å²) in [5.41, 5.74) is 3.03. The maximum atomic E-state index is 13.2. The topological polar surface area (TPSA) is 71.5 Å². The fraction of sp³-hybridized carbons (Fsp3) is 0.346. The van der Waals surface area contributed by atoms with E-state index in [1.807, 2.05) is 24.0 Å². The van der Waals surface area contributed by atoms with Gasteiger partial charge >= 0.3 is 6.18 Å². The standard InChI is InChI=1S/C26H26F3N3O3S/c1-3-22-23(36-15-30-22)25(34)32-10-8-17(9-11-32)16-4-6-20(7-5-16)31-24(33)18-12-19(26(27,28)29)14-21(13-18)35-2/h4-7,12-15,17H,3,8-11H2,1-2H3,(H,31,33). The Balaban J connectivity index is 1.37. The lowest BCUT2D eigenvalue weighted by Crippen LogP contribution is -2.37. The van der Waals surface area contributed by atoms with Crippen molar-refractivity contribution in [2.24, 2.45) is 0 Å². The zero-order valence-electron chi connectivity index (χ0n) is 19.9. The molecule has 0 spiro atoms. The molecule has 0 unspecified atom stereocenters. The highest BCUT2D eigenvalue weighted by molar-refractivity contribution is 7.11. The number of amides is 2. The summed E-state index contributed by atoms with van der Waals surface area (Å²) in [4.78, 5) is 32.3. The number of rotatable bonds is 6. The van der Waals surface area contributed by atoms with Crippen molar-refractivity contribution in [1.82, 2.24) is 9.88 Å². The van der Waals surface area contributed by atoms with Crippen molar-refractivity contribution in [3.05, 3.63) is 75.2 Å². The Morgan fingerprint density at radius 2 is 1.83 bits per heavy atom. The Hall–Kier alpha value is -3.40. The van der Waals surface area contributed by atoms with Crippen LogP contribution in [0.3, 0.4) is 0 Å². The van der Waals surface area contributed by atoms with Gasteiger partial charge in [0.05, 0.1) is 23.9 Å². The van der Waals surface area contributed by atoms with Gasteiger partial charge in [-0.05, 0) is 61.1 Å². The Kier molecular flexibility index (Phi) is 7.63. The number of aromatic nitrogens is 1. The molecule has 10 heteroatoms. The number of methoxy groups -OCH3 is 1. The van der Waals surface area contributed by atoms with E-state index in [1.165, 1.54) is 24.5 Å². The number of nitrogens with one attached hydrogen (secondary N) is 1. The van der Waals surface area contributed by atoms with Crippen LogP contribution < -0.4 is 10.1 Å². The van der Waals surface area contributed by atoms with Gasteiger partial charge in [0.15, 0.2) is 0 Å². The molecule has 0 saturated carbocycles. The minimum Gasteiger partial charge on any atom is -0.497 e. The monoisotopic (exact) mass is 517 g/mol. The van der Waals surface area contributed by atoms with Crippen LogP contribution in [0.2, 0.25) is 0 Å². The number of hydrogen-bond acceptors (Lipinski definition) is 5. The molecule has 1 aliphatic heterocycles. The first-order chi connectivity index (χ1) is 17.2. The molecule has 4 rings (SSSR count). The van der Waals surface area contributed by atoms with Crippen LogP contribution in [0.15, 0.2) is 48.0 Å². The number of anilines is 1. The summed E-state index contributed by atoms with van der Waals surface area (Å²) in [5, 5.41) is 2.65. The number of thiazole rings is 1. The second-order valence-corrected chi connectivity index (χ2v) is 9.43. The Bertz CT molecular complexity index is 1230. The van der Waals surface area contributed by atoms with Gasteiger partial charge in [0.1, 0.15) is 10.6 Å². The normalized spacial score (nSPS) is 14.5. The maximum absolute atomic E-state index is 13.2. The summed E-state index contributed by atoms with van der Waals surface area (Å²) in [7, 11) is 1.25. The Morgan fingerprint density at radius 3 is 2.44 bits per heavy atom. The van der Waals surface area contributed by atoms with Gasteiger partial charge in [-0.3, -0.25) is 9.59 Å². The zero-order chi connectivity index (χ0) is 25.9. The van der Waals surface area contributed by atoms with Crippen molar-refractivity contribution in [2.75, 3.05) is 25.5 Å². The number of hydrogen-bond donors (Lipinski definition) is 1. The van der Waals surface area contributed by atoms with Crippen LogP contribution >= 0.6 is 11.3 Å². The van der Waals surface area contributed by atoms with Gasteiger partial charge in [-0.25, -0.2) is 4.98 Å². The van der Waals surface area contributed by atoms with Gasteiger partial charge in [0, 0.05) is 24.3 Å².